The molecule has 0 aliphatic heterocycles. The van der Waals surface area contributed by atoms with Gasteiger partial charge in [0.1, 0.15) is 12.4 Å². The number of nitrogens with zero attached hydrogens (tertiary/aromatic N) is 4. The number of nitrogens with one attached hydrogen (secondary N) is 2. The highest BCUT2D eigenvalue weighted by molar-refractivity contribution is 6.35. The molecule has 0 fully saturated rings. The van der Waals surface area contributed by atoms with Crippen molar-refractivity contribution in [3.05, 3.63) is 41.2 Å². The van der Waals surface area contributed by atoms with E-state index in [1.54, 1.807) is 36.2 Å². The molecule has 3 heterocycles. The number of hydrogen-bond acceptors (Lipinski definition) is 5. The second kappa shape index (κ2) is 6.29. The molecule has 4 aromatic rings. The summed E-state index contributed by atoms with van der Waals surface area (Å²) < 4.78 is 16.6. The topological polar surface area (TPSA) is 91.1 Å². The van der Waals surface area contributed by atoms with Crippen molar-refractivity contribution in [1.29, 1.82) is 0 Å². The summed E-state index contributed by atoms with van der Waals surface area (Å²) >= 11 is 6.31. The van der Waals surface area contributed by atoms with E-state index in [2.05, 4.69) is 37.3 Å². The van der Waals surface area contributed by atoms with E-state index in [0.717, 1.165) is 0 Å². The van der Waals surface area contributed by atoms with Crippen LogP contribution in [0.3, 0.4) is 0 Å². The number of rotatable bonds is 2. The number of aromatic amines is 1. The summed E-state index contributed by atoms with van der Waals surface area (Å²) in [4.78, 5) is 8.70. The van der Waals surface area contributed by atoms with Gasteiger partial charge in [-0.2, -0.15) is 5.10 Å². The van der Waals surface area contributed by atoms with E-state index in [9.17, 15) is 4.39 Å². The summed E-state index contributed by atoms with van der Waals surface area (Å²) in [7, 11) is 1.77. The van der Waals surface area contributed by atoms with Gasteiger partial charge in [0.2, 0.25) is 0 Å². The molecule has 4 rings (SSSR count). The normalized spacial score (nSPS) is 10.9. The van der Waals surface area contributed by atoms with E-state index in [1.165, 1.54) is 0 Å². The van der Waals surface area contributed by atoms with Gasteiger partial charge in [-0.05, 0) is 0 Å². The van der Waals surface area contributed by atoms with Gasteiger partial charge >= 0.3 is 0 Å². The molecule has 0 unspecified atom stereocenters. The molecule has 0 saturated carbocycles. The van der Waals surface area contributed by atoms with E-state index in [-0.39, 0.29) is 17.2 Å². The third-order valence-corrected chi connectivity index (χ3v) is 4.29. The third kappa shape index (κ3) is 2.45. The molecule has 26 heavy (non-hydrogen) atoms. The highest BCUT2D eigenvalue weighted by atomic mass is 35.5. The van der Waals surface area contributed by atoms with Crippen LogP contribution in [-0.4, -0.2) is 43.3 Å². The van der Waals surface area contributed by atoms with E-state index >= 15 is 0 Å². The Morgan fingerprint density at radius 1 is 1.38 bits per heavy atom. The van der Waals surface area contributed by atoms with Crippen molar-refractivity contribution >= 4 is 34.0 Å². The third-order valence-electron chi connectivity index (χ3n) is 3.94. The predicted octanol–water partition coefficient (Wildman–Crippen LogP) is 2.45. The maximum absolute atomic E-state index is 14.8. The van der Waals surface area contributed by atoms with Gasteiger partial charge in [-0.25, -0.2) is 9.37 Å². The van der Waals surface area contributed by atoms with Crippen LogP contribution < -0.4 is 5.32 Å². The maximum Gasteiger partial charge on any atom is 0.160 e. The van der Waals surface area contributed by atoms with Crippen molar-refractivity contribution in [3.63, 3.8) is 0 Å². The number of imidazole rings is 1. The van der Waals surface area contributed by atoms with Crippen LogP contribution in [0, 0.1) is 17.7 Å². The van der Waals surface area contributed by atoms with Gasteiger partial charge in [-0.15, -0.1) is 0 Å². The molecule has 130 valence electrons. The lowest BCUT2D eigenvalue weighted by Crippen LogP contribution is -1.96. The molecular formula is C17H12ClFN6O. The number of hydrogen-bond donors (Lipinski definition) is 3. The Morgan fingerprint density at radius 2 is 2.23 bits per heavy atom. The zero-order chi connectivity index (χ0) is 18.3. The molecule has 0 bridgehead atoms. The summed E-state index contributed by atoms with van der Waals surface area (Å²) in [5, 5.41) is 19.0. The number of aromatic nitrogens is 5. The first-order valence-electron chi connectivity index (χ1n) is 7.60. The average Bonchev–Trinajstić information content (AvgIpc) is 3.28. The fourth-order valence-electron chi connectivity index (χ4n) is 2.76. The Hall–Kier alpha value is -3.15. The van der Waals surface area contributed by atoms with Gasteiger partial charge in [0.05, 0.1) is 40.4 Å². The second-order valence-corrected chi connectivity index (χ2v) is 5.79. The van der Waals surface area contributed by atoms with Crippen LogP contribution in [0.1, 0.15) is 5.56 Å². The Labute approximate surface area is 151 Å². The molecule has 0 spiro atoms. The van der Waals surface area contributed by atoms with Crippen LogP contribution in [-0.2, 0) is 0 Å². The highest BCUT2D eigenvalue weighted by Gasteiger charge is 2.21. The summed E-state index contributed by atoms with van der Waals surface area (Å²) in [5.41, 5.74) is 1.97. The van der Waals surface area contributed by atoms with Crippen LogP contribution in [0.25, 0.3) is 27.8 Å². The van der Waals surface area contributed by atoms with Gasteiger partial charge in [-0.3, -0.25) is 10.1 Å². The lowest BCUT2D eigenvalue weighted by Gasteiger charge is -2.09. The van der Waals surface area contributed by atoms with Gasteiger partial charge in [-0.1, -0.05) is 23.4 Å². The molecule has 0 saturated heterocycles. The average molecular weight is 371 g/mol. The first-order chi connectivity index (χ1) is 12.6. The Balaban J connectivity index is 2.00. The molecule has 0 aliphatic rings. The largest absolute Gasteiger partial charge is 0.384 e. The molecule has 0 amide bonds. The molecule has 0 atom stereocenters. The number of aliphatic hydroxyl groups excluding tert-OH is 1. The Morgan fingerprint density at radius 3 is 3.00 bits per heavy atom. The first-order valence-corrected chi connectivity index (χ1v) is 7.98. The first kappa shape index (κ1) is 16.3. The number of halogens is 2. The minimum atomic E-state index is -0.692. The van der Waals surface area contributed by atoms with Gasteiger partial charge in [0, 0.05) is 24.2 Å². The van der Waals surface area contributed by atoms with Crippen LogP contribution in [0.5, 0.6) is 0 Å². The molecule has 1 aromatic carbocycles. The molecule has 3 aromatic heterocycles. The monoisotopic (exact) mass is 370 g/mol. The molecule has 0 aliphatic carbocycles. The van der Waals surface area contributed by atoms with Crippen molar-refractivity contribution in [2.75, 3.05) is 19.0 Å². The standard InChI is InChI=1S/C17H12ClFN6O/c1-20-12-8-25-7-11(21-6-13(25)23-12)14-10-5-22-24-17(10)9(3-2-4-26)16(19)15(14)18/h5-8,20,26H,4H2,1H3,(H,22,24). The number of benzene rings is 1. The van der Waals surface area contributed by atoms with Crippen molar-refractivity contribution in [2.24, 2.45) is 0 Å². The summed E-state index contributed by atoms with van der Waals surface area (Å²) in [5.74, 6) is 5.00. The Bertz CT molecular complexity index is 1200. The zero-order valence-corrected chi connectivity index (χ0v) is 14.3. The number of fused-ring (bicyclic) bond motifs is 2. The zero-order valence-electron chi connectivity index (χ0n) is 13.5. The molecule has 9 heteroatoms. The van der Waals surface area contributed by atoms with Crippen molar-refractivity contribution < 1.29 is 9.50 Å². The number of anilines is 1. The Kier molecular flexibility index (Phi) is 3.95. The minimum Gasteiger partial charge on any atom is -0.384 e. The fraction of sp³-hybridized carbons (Fsp3) is 0.118. The van der Waals surface area contributed by atoms with Crippen LogP contribution >= 0.6 is 11.6 Å². The van der Waals surface area contributed by atoms with E-state index in [0.29, 0.717) is 33.6 Å². The highest BCUT2D eigenvalue weighted by Crippen LogP contribution is 2.38. The lowest BCUT2D eigenvalue weighted by atomic mass is 10.0. The van der Waals surface area contributed by atoms with Crippen molar-refractivity contribution in [2.45, 2.75) is 0 Å². The summed E-state index contributed by atoms with van der Waals surface area (Å²) in [6.07, 6.45) is 6.63. The fourth-order valence-corrected chi connectivity index (χ4v) is 3.05. The lowest BCUT2D eigenvalue weighted by molar-refractivity contribution is 0.350. The quantitative estimate of drug-likeness (QED) is 0.471. The van der Waals surface area contributed by atoms with Crippen molar-refractivity contribution in [1.82, 2.24) is 24.6 Å². The second-order valence-electron chi connectivity index (χ2n) is 5.41. The smallest absolute Gasteiger partial charge is 0.160 e. The van der Waals surface area contributed by atoms with Crippen LogP contribution in [0.2, 0.25) is 5.02 Å². The summed E-state index contributed by atoms with van der Waals surface area (Å²) in [6.45, 7) is -0.388. The molecule has 0 radical (unpaired) electrons. The van der Waals surface area contributed by atoms with Gasteiger partial charge < -0.3 is 14.8 Å². The molecule has 3 N–H and O–H groups in total. The van der Waals surface area contributed by atoms with Crippen LogP contribution in [0.15, 0.2) is 24.8 Å². The van der Waals surface area contributed by atoms with Gasteiger partial charge in [0.15, 0.2) is 11.5 Å². The predicted molar refractivity (Wildman–Crippen MR) is 96.6 cm³/mol. The van der Waals surface area contributed by atoms with E-state index in [1.807, 2.05) is 0 Å². The SMILES string of the molecule is CNc1cn2cc(-c3c(Cl)c(F)c(C#CCO)c4[nH]ncc34)ncc2n1. The van der Waals surface area contributed by atoms with Crippen LogP contribution in [0.4, 0.5) is 10.2 Å². The molecule has 7 nitrogen and oxygen atoms in total. The van der Waals surface area contributed by atoms with Gasteiger partial charge in [0.25, 0.3) is 0 Å². The van der Waals surface area contributed by atoms with E-state index < -0.39 is 5.82 Å². The van der Waals surface area contributed by atoms with E-state index in [4.69, 9.17) is 16.7 Å². The summed E-state index contributed by atoms with van der Waals surface area (Å²) in [6, 6.07) is 0. The maximum atomic E-state index is 14.8. The molecular weight excluding hydrogens is 359 g/mol. The van der Waals surface area contributed by atoms with Crippen molar-refractivity contribution in [3.8, 4) is 23.1 Å². The number of H-pyrrole nitrogens is 1. The number of aliphatic hydroxyl groups is 1. The minimum absolute atomic E-state index is 0.0569.